The highest BCUT2D eigenvalue weighted by molar-refractivity contribution is 7.89. The van der Waals surface area contributed by atoms with Crippen molar-refractivity contribution in [3.63, 3.8) is 0 Å². The highest BCUT2D eigenvalue weighted by Crippen LogP contribution is 2.40. The lowest BCUT2D eigenvalue weighted by Crippen LogP contribution is -2.55. The van der Waals surface area contributed by atoms with Crippen LogP contribution in [0.2, 0.25) is 0 Å². The van der Waals surface area contributed by atoms with Gasteiger partial charge in [-0.05, 0) is 48.9 Å². The molecule has 2 aromatic rings. The maximum atomic E-state index is 13.3. The number of anilines is 2. The average Bonchev–Trinajstić information content (AvgIpc) is 3.13. The number of likely N-dealkylation sites (tertiary alicyclic amines) is 1. The number of nitrogens with zero attached hydrogens (tertiary/aromatic N) is 2. The number of hydrogen-bond acceptors (Lipinski definition) is 6. The molecule has 2 aliphatic rings. The molecule has 2 aromatic carbocycles. The van der Waals surface area contributed by atoms with E-state index in [2.05, 4.69) is 11.8 Å². The fraction of sp³-hybridized carbons (Fsp3) is 0.429. The summed E-state index contributed by atoms with van der Waals surface area (Å²) in [5.41, 5.74) is 13.2. The van der Waals surface area contributed by atoms with Gasteiger partial charge in [-0.3, -0.25) is 4.90 Å². The topological polar surface area (TPSA) is 102 Å². The second kappa shape index (κ2) is 7.60. The predicted molar refractivity (Wildman–Crippen MR) is 114 cm³/mol. The molecular formula is C21H28N4O3S. The van der Waals surface area contributed by atoms with Crippen LogP contribution in [0.3, 0.4) is 0 Å². The van der Waals surface area contributed by atoms with E-state index in [-0.39, 0.29) is 10.9 Å². The molecule has 0 bridgehead atoms. The van der Waals surface area contributed by atoms with Gasteiger partial charge in [0.05, 0.1) is 11.5 Å². The Kier molecular flexibility index (Phi) is 5.29. The normalized spacial score (nSPS) is 21.4. The van der Waals surface area contributed by atoms with Crippen molar-refractivity contribution in [2.24, 2.45) is 0 Å². The highest BCUT2D eigenvalue weighted by atomic mass is 32.2. The van der Waals surface area contributed by atoms with Gasteiger partial charge in [0.1, 0.15) is 5.72 Å². The van der Waals surface area contributed by atoms with Crippen molar-refractivity contribution in [3.05, 3.63) is 54.1 Å². The van der Waals surface area contributed by atoms with Crippen LogP contribution >= 0.6 is 0 Å². The first-order valence-corrected chi connectivity index (χ1v) is 11.4. The summed E-state index contributed by atoms with van der Waals surface area (Å²) in [7, 11) is -3.64. The molecule has 1 atom stereocenters. The van der Waals surface area contributed by atoms with Crippen LogP contribution in [-0.4, -0.2) is 49.6 Å². The molecular weight excluding hydrogens is 388 g/mol. The summed E-state index contributed by atoms with van der Waals surface area (Å²) in [5, 5.41) is 0. The quantitative estimate of drug-likeness (QED) is 0.742. The lowest BCUT2D eigenvalue weighted by Gasteiger charge is -2.44. The summed E-state index contributed by atoms with van der Waals surface area (Å²) in [6.07, 6.45) is 1.28. The van der Waals surface area contributed by atoms with E-state index in [1.165, 1.54) is 5.56 Å². The van der Waals surface area contributed by atoms with E-state index in [4.69, 9.17) is 16.2 Å². The standard InChI is InChI=1S/C21H28N4O3S/c1-16(17-2-4-18(22)5-3-17)24-12-10-21(11-13-24)25(14-15-28-21)29(26,27)20-8-6-19(23)7-9-20/h2-9,16H,10-15,22-23H2,1H3. The molecule has 2 aliphatic heterocycles. The number of nitrogens with two attached hydrogens (primary N) is 2. The van der Waals surface area contributed by atoms with Crippen LogP contribution in [0.4, 0.5) is 11.4 Å². The van der Waals surface area contributed by atoms with Crippen LogP contribution in [0.1, 0.15) is 31.4 Å². The van der Waals surface area contributed by atoms with Crippen molar-refractivity contribution in [1.29, 1.82) is 0 Å². The fourth-order valence-corrected chi connectivity index (χ4v) is 6.06. The Bertz CT molecular complexity index is 952. The summed E-state index contributed by atoms with van der Waals surface area (Å²) in [4.78, 5) is 2.63. The Morgan fingerprint density at radius 1 is 0.931 bits per heavy atom. The molecule has 2 fully saturated rings. The molecule has 4 N–H and O–H groups in total. The Labute approximate surface area is 172 Å². The molecule has 2 heterocycles. The number of piperidine rings is 1. The van der Waals surface area contributed by atoms with Crippen LogP contribution < -0.4 is 11.5 Å². The van der Waals surface area contributed by atoms with Gasteiger partial charge in [0.2, 0.25) is 10.0 Å². The van der Waals surface area contributed by atoms with Crippen molar-refractivity contribution in [1.82, 2.24) is 9.21 Å². The van der Waals surface area contributed by atoms with E-state index in [1.54, 1.807) is 28.6 Å². The van der Waals surface area contributed by atoms with E-state index < -0.39 is 15.7 Å². The van der Waals surface area contributed by atoms with E-state index in [1.807, 2.05) is 24.3 Å². The third kappa shape index (κ3) is 3.73. The van der Waals surface area contributed by atoms with Gasteiger partial charge in [-0.2, -0.15) is 4.31 Å². The van der Waals surface area contributed by atoms with Crippen LogP contribution in [0.15, 0.2) is 53.4 Å². The molecule has 156 valence electrons. The maximum Gasteiger partial charge on any atom is 0.245 e. The number of rotatable bonds is 4. The monoisotopic (exact) mass is 416 g/mol. The first-order valence-electron chi connectivity index (χ1n) is 9.94. The molecule has 0 aliphatic carbocycles. The van der Waals surface area contributed by atoms with Gasteiger partial charge in [0, 0.05) is 49.9 Å². The Morgan fingerprint density at radius 3 is 2.07 bits per heavy atom. The average molecular weight is 417 g/mol. The Hall–Kier alpha value is -2.13. The number of sulfonamides is 1. The predicted octanol–water partition coefficient (Wildman–Crippen LogP) is 2.43. The molecule has 0 saturated carbocycles. The minimum Gasteiger partial charge on any atom is -0.399 e. The first-order chi connectivity index (χ1) is 13.8. The van der Waals surface area contributed by atoms with Crippen LogP contribution in [-0.2, 0) is 14.8 Å². The Morgan fingerprint density at radius 2 is 1.48 bits per heavy atom. The molecule has 4 rings (SSSR count). The molecule has 2 saturated heterocycles. The van der Waals surface area contributed by atoms with Gasteiger partial charge >= 0.3 is 0 Å². The van der Waals surface area contributed by atoms with Gasteiger partial charge in [-0.25, -0.2) is 8.42 Å². The number of ether oxygens (including phenoxy) is 1. The molecule has 0 radical (unpaired) electrons. The van der Waals surface area contributed by atoms with E-state index in [9.17, 15) is 8.42 Å². The summed E-state index contributed by atoms with van der Waals surface area (Å²) >= 11 is 0. The second-order valence-corrected chi connectivity index (χ2v) is 9.68. The minimum absolute atomic E-state index is 0.233. The van der Waals surface area contributed by atoms with E-state index in [0.29, 0.717) is 31.7 Å². The molecule has 29 heavy (non-hydrogen) atoms. The number of hydrogen-bond donors (Lipinski definition) is 2. The summed E-state index contributed by atoms with van der Waals surface area (Å²) in [6.45, 7) is 4.49. The van der Waals surface area contributed by atoms with E-state index in [0.717, 1.165) is 18.8 Å². The maximum absolute atomic E-state index is 13.3. The zero-order chi connectivity index (χ0) is 20.6. The SMILES string of the molecule is CC(c1ccc(N)cc1)N1CCC2(CC1)OCCN2S(=O)(=O)c1ccc(N)cc1. The van der Waals surface area contributed by atoms with Gasteiger partial charge in [-0.1, -0.05) is 12.1 Å². The number of benzene rings is 2. The van der Waals surface area contributed by atoms with Gasteiger partial charge in [0.25, 0.3) is 0 Å². The third-order valence-corrected chi connectivity index (χ3v) is 8.10. The first kappa shape index (κ1) is 20.2. The van der Waals surface area contributed by atoms with Gasteiger partial charge in [0.15, 0.2) is 0 Å². The molecule has 7 nitrogen and oxygen atoms in total. The lowest BCUT2D eigenvalue weighted by atomic mass is 9.97. The largest absolute Gasteiger partial charge is 0.399 e. The smallest absolute Gasteiger partial charge is 0.245 e. The van der Waals surface area contributed by atoms with Crippen molar-refractivity contribution in [3.8, 4) is 0 Å². The van der Waals surface area contributed by atoms with Crippen molar-refractivity contribution in [2.45, 2.75) is 36.4 Å². The van der Waals surface area contributed by atoms with Crippen molar-refractivity contribution in [2.75, 3.05) is 37.7 Å². The van der Waals surface area contributed by atoms with Crippen molar-refractivity contribution < 1.29 is 13.2 Å². The van der Waals surface area contributed by atoms with Crippen LogP contribution in [0.5, 0.6) is 0 Å². The number of nitrogen functional groups attached to an aromatic ring is 2. The third-order valence-electron chi connectivity index (χ3n) is 6.13. The lowest BCUT2D eigenvalue weighted by molar-refractivity contribution is -0.0954. The van der Waals surface area contributed by atoms with Gasteiger partial charge in [-0.15, -0.1) is 0 Å². The highest BCUT2D eigenvalue weighted by Gasteiger charge is 2.50. The summed E-state index contributed by atoms with van der Waals surface area (Å²) in [5.74, 6) is 0. The Balaban J connectivity index is 1.50. The molecule has 8 heteroatoms. The van der Waals surface area contributed by atoms with Gasteiger partial charge < -0.3 is 16.2 Å². The van der Waals surface area contributed by atoms with Crippen LogP contribution in [0, 0.1) is 0 Å². The molecule has 0 amide bonds. The van der Waals surface area contributed by atoms with Crippen molar-refractivity contribution >= 4 is 21.4 Å². The minimum atomic E-state index is -3.64. The molecule has 1 spiro atoms. The summed E-state index contributed by atoms with van der Waals surface area (Å²) < 4.78 is 34.1. The molecule has 1 unspecified atom stereocenters. The second-order valence-electron chi connectivity index (χ2n) is 7.82. The zero-order valence-corrected chi connectivity index (χ0v) is 17.4. The summed E-state index contributed by atoms with van der Waals surface area (Å²) in [6, 6.07) is 14.5. The molecule has 0 aromatic heterocycles. The zero-order valence-electron chi connectivity index (χ0n) is 16.6. The van der Waals surface area contributed by atoms with E-state index >= 15 is 0 Å². The fourth-order valence-electron chi connectivity index (χ4n) is 4.34. The van der Waals surface area contributed by atoms with Crippen LogP contribution in [0.25, 0.3) is 0 Å².